The molecule has 0 unspecified atom stereocenters. The Bertz CT molecular complexity index is 1180. The molecule has 0 aliphatic rings. The van der Waals surface area contributed by atoms with E-state index < -0.39 is 12.6 Å². The van der Waals surface area contributed by atoms with Gasteiger partial charge in [-0.2, -0.15) is 0 Å². The van der Waals surface area contributed by atoms with Crippen LogP contribution in [0.15, 0.2) is 97.1 Å². The fourth-order valence-corrected chi connectivity index (χ4v) is 3.53. The quantitative estimate of drug-likeness (QED) is 0.426. The topological polar surface area (TPSA) is 66.8 Å². The molecule has 0 fully saturated rings. The number of phenols is 1. The minimum atomic E-state index is -0.735. The lowest BCUT2D eigenvalue weighted by Crippen LogP contribution is -2.34. The molecular weight excluding hydrogens is 402 g/mol. The number of esters is 1. The summed E-state index contributed by atoms with van der Waals surface area (Å²) in [7, 11) is 0. The minimum Gasteiger partial charge on any atom is -0.507 e. The van der Waals surface area contributed by atoms with Crippen LogP contribution in [0.25, 0.3) is 10.8 Å². The number of carbonyl (C=O) groups is 2. The molecule has 0 heterocycles. The Hall–Kier alpha value is -4.12. The number of fused-ring (bicyclic) bond motifs is 1. The Labute approximate surface area is 186 Å². The predicted octanol–water partition coefficient (Wildman–Crippen LogP) is 4.93. The highest BCUT2D eigenvalue weighted by Crippen LogP contribution is 2.25. The molecule has 1 N–H and O–H groups in total. The molecule has 0 spiro atoms. The SMILES string of the molecule is O=C(OCC(=O)N(Cc1ccccc1)Cc1ccccc1)c1cc2ccccc2cc1O. The summed E-state index contributed by atoms with van der Waals surface area (Å²) in [6.07, 6.45) is 0. The molecule has 0 aromatic heterocycles. The van der Waals surface area contributed by atoms with Gasteiger partial charge in [0.15, 0.2) is 6.61 Å². The highest BCUT2D eigenvalue weighted by Gasteiger charge is 2.19. The summed E-state index contributed by atoms with van der Waals surface area (Å²) < 4.78 is 5.29. The molecule has 4 aromatic rings. The maximum absolute atomic E-state index is 13.0. The van der Waals surface area contributed by atoms with Crippen LogP contribution in [0.3, 0.4) is 0 Å². The first-order valence-electron chi connectivity index (χ1n) is 10.3. The first-order chi connectivity index (χ1) is 15.6. The molecule has 0 radical (unpaired) electrons. The third kappa shape index (κ3) is 5.13. The Morgan fingerprint density at radius 2 is 1.22 bits per heavy atom. The summed E-state index contributed by atoms with van der Waals surface area (Å²) in [6.45, 7) is 0.380. The van der Waals surface area contributed by atoms with Gasteiger partial charge in [-0.15, -0.1) is 0 Å². The summed E-state index contributed by atoms with van der Waals surface area (Å²) in [5.41, 5.74) is 2.00. The molecule has 0 bridgehead atoms. The van der Waals surface area contributed by atoms with E-state index in [1.54, 1.807) is 11.0 Å². The normalized spacial score (nSPS) is 10.6. The van der Waals surface area contributed by atoms with Gasteiger partial charge in [0.05, 0.1) is 0 Å². The van der Waals surface area contributed by atoms with Crippen LogP contribution in [0.1, 0.15) is 21.5 Å². The average Bonchev–Trinajstić information content (AvgIpc) is 2.83. The van der Waals surface area contributed by atoms with Crippen molar-refractivity contribution in [1.82, 2.24) is 4.90 Å². The van der Waals surface area contributed by atoms with Crippen molar-refractivity contribution in [2.45, 2.75) is 13.1 Å². The van der Waals surface area contributed by atoms with E-state index >= 15 is 0 Å². The molecule has 0 aliphatic carbocycles. The monoisotopic (exact) mass is 425 g/mol. The van der Waals surface area contributed by atoms with Gasteiger partial charge >= 0.3 is 5.97 Å². The zero-order chi connectivity index (χ0) is 22.3. The van der Waals surface area contributed by atoms with Crippen molar-refractivity contribution < 1.29 is 19.4 Å². The number of nitrogens with zero attached hydrogens (tertiary/aromatic N) is 1. The van der Waals surface area contributed by atoms with Crippen molar-refractivity contribution in [2.24, 2.45) is 0 Å². The van der Waals surface area contributed by atoms with Crippen LogP contribution >= 0.6 is 0 Å². The highest BCUT2D eigenvalue weighted by molar-refractivity contribution is 5.99. The molecule has 0 aliphatic heterocycles. The molecule has 1 amide bonds. The zero-order valence-corrected chi connectivity index (χ0v) is 17.5. The van der Waals surface area contributed by atoms with Crippen LogP contribution in [0, 0.1) is 0 Å². The average molecular weight is 425 g/mol. The maximum atomic E-state index is 13.0. The fraction of sp³-hybridized carbons (Fsp3) is 0.111. The lowest BCUT2D eigenvalue weighted by atomic mass is 10.1. The molecule has 0 saturated carbocycles. The van der Waals surface area contributed by atoms with Gasteiger partial charge in [-0.1, -0.05) is 84.9 Å². The van der Waals surface area contributed by atoms with E-state index in [0.29, 0.717) is 13.1 Å². The van der Waals surface area contributed by atoms with Crippen molar-refractivity contribution >= 4 is 22.6 Å². The van der Waals surface area contributed by atoms with Crippen LogP contribution in [-0.4, -0.2) is 28.5 Å². The Balaban J connectivity index is 1.47. The smallest absolute Gasteiger partial charge is 0.342 e. The number of amides is 1. The van der Waals surface area contributed by atoms with Crippen LogP contribution in [0.4, 0.5) is 0 Å². The zero-order valence-electron chi connectivity index (χ0n) is 17.5. The van der Waals surface area contributed by atoms with Gasteiger partial charge in [-0.25, -0.2) is 4.79 Å². The number of rotatable bonds is 7. The summed E-state index contributed by atoms with van der Waals surface area (Å²) in [5, 5.41) is 11.9. The van der Waals surface area contributed by atoms with E-state index in [4.69, 9.17) is 4.74 Å². The Morgan fingerprint density at radius 1 is 0.719 bits per heavy atom. The molecule has 0 atom stereocenters. The number of phenolic OH excluding ortho intramolecular Hbond substituents is 1. The van der Waals surface area contributed by atoms with Gasteiger partial charge in [0.25, 0.3) is 5.91 Å². The third-order valence-corrected chi connectivity index (χ3v) is 5.20. The van der Waals surface area contributed by atoms with Gasteiger partial charge in [-0.3, -0.25) is 4.79 Å². The number of ether oxygens (including phenoxy) is 1. The largest absolute Gasteiger partial charge is 0.507 e. The third-order valence-electron chi connectivity index (χ3n) is 5.20. The van der Waals surface area contributed by atoms with E-state index in [2.05, 4.69) is 0 Å². The first kappa shape index (κ1) is 21.1. The van der Waals surface area contributed by atoms with E-state index in [9.17, 15) is 14.7 Å². The summed E-state index contributed by atoms with van der Waals surface area (Å²) in [6, 6.07) is 29.8. The van der Waals surface area contributed by atoms with Gasteiger partial charge in [0.1, 0.15) is 11.3 Å². The van der Waals surface area contributed by atoms with Crippen LogP contribution in [0.5, 0.6) is 5.75 Å². The summed E-state index contributed by atoms with van der Waals surface area (Å²) >= 11 is 0. The summed E-state index contributed by atoms with van der Waals surface area (Å²) in [5.74, 6) is -1.22. The van der Waals surface area contributed by atoms with Crippen molar-refractivity contribution in [2.75, 3.05) is 6.61 Å². The van der Waals surface area contributed by atoms with Crippen molar-refractivity contribution in [3.8, 4) is 5.75 Å². The molecular formula is C27H23NO4. The molecule has 4 rings (SSSR count). The molecule has 0 saturated heterocycles. The van der Waals surface area contributed by atoms with Gasteiger partial charge in [-0.05, 0) is 34.0 Å². The summed E-state index contributed by atoms with van der Waals surface area (Å²) in [4.78, 5) is 27.2. The first-order valence-corrected chi connectivity index (χ1v) is 10.3. The second kappa shape index (κ2) is 9.79. The molecule has 5 heteroatoms. The van der Waals surface area contributed by atoms with Crippen molar-refractivity contribution in [3.05, 3.63) is 114 Å². The molecule has 4 aromatic carbocycles. The van der Waals surface area contributed by atoms with Gasteiger partial charge in [0.2, 0.25) is 0 Å². The maximum Gasteiger partial charge on any atom is 0.342 e. The lowest BCUT2D eigenvalue weighted by molar-refractivity contribution is -0.135. The van der Waals surface area contributed by atoms with E-state index in [0.717, 1.165) is 21.9 Å². The van der Waals surface area contributed by atoms with Crippen molar-refractivity contribution in [1.29, 1.82) is 0 Å². The van der Waals surface area contributed by atoms with Crippen LogP contribution in [-0.2, 0) is 22.6 Å². The van der Waals surface area contributed by atoms with E-state index in [1.165, 1.54) is 6.07 Å². The molecule has 32 heavy (non-hydrogen) atoms. The second-order valence-electron chi connectivity index (χ2n) is 7.51. The fourth-order valence-electron chi connectivity index (χ4n) is 3.53. The highest BCUT2D eigenvalue weighted by atomic mass is 16.5. The molecule has 5 nitrogen and oxygen atoms in total. The van der Waals surface area contributed by atoms with Gasteiger partial charge < -0.3 is 14.7 Å². The number of aromatic hydroxyl groups is 1. The lowest BCUT2D eigenvalue weighted by Gasteiger charge is -2.23. The number of hydrogen-bond donors (Lipinski definition) is 1. The van der Waals surface area contributed by atoms with E-state index in [-0.39, 0.29) is 17.2 Å². The standard InChI is InChI=1S/C27H23NO4/c29-25-16-23-14-8-7-13-22(23)15-24(25)27(31)32-19-26(30)28(17-20-9-3-1-4-10-20)18-21-11-5-2-6-12-21/h1-16,29H,17-19H2. The van der Waals surface area contributed by atoms with E-state index in [1.807, 2.05) is 84.9 Å². The Kier molecular flexibility index (Phi) is 6.46. The number of benzene rings is 4. The number of hydrogen-bond acceptors (Lipinski definition) is 4. The van der Waals surface area contributed by atoms with Crippen LogP contribution < -0.4 is 0 Å². The molecule has 160 valence electrons. The predicted molar refractivity (Wildman–Crippen MR) is 123 cm³/mol. The second-order valence-corrected chi connectivity index (χ2v) is 7.51. The van der Waals surface area contributed by atoms with Gasteiger partial charge in [0, 0.05) is 13.1 Å². The van der Waals surface area contributed by atoms with Crippen molar-refractivity contribution in [3.63, 3.8) is 0 Å². The Morgan fingerprint density at radius 3 is 1.78 bits per heavy atom. The van der Waals surface area contributed by atoms with Crippen LogP contribution in [0.2, 0.25) is 0 Å². The number of carbonyl (C=O) groups excluding carboxylic acids is 2. The minimum absolute atomic E-state index is 0.0363.